The van der Waals surface area contributed by atoms with E-state index in [-0.39, 0.29) is 5.56 Å². The summed E-state index contributed by atoms with van der Waals surface area (Å²) in [4.78, 5) is 25.8. The van der Waals surface area contributed by atoms with Crippen LogP contribution in [0.15, 0.2) is 47.5 Å². The van der Waals surface area contributed by atoms with Gasteiger partial charge in [-0.05, 0) is 12.1 Å². The standard InChI is InChI=1S/C13H9F3N2O2/c14-13(15,16)9-3-1-2-4-10(9)18-12(20)8-7-17-6-5-11(8)19/h1-7H,(H,17,19)(H,18,20). The minimum absolute atomic E-state index is 0.260. The van der Waals surface area contributed by atoms with Crippen LogP contribution in [0.3, 0.4) is 0 Å². The maximum atomic E-state index is 12.8. The van der Waals surface area contributed by atoms with Gasteiger partial charge in [0.15, 0.2) is 5.43 Å². The van der Waals surface area contributed by atoms with Crippen molar-refractivity contribution in [2.75, 3.05) is 5.32 Å². The van der Waals surface area contributed by atoms with Gasteiger partial charge in [-0.1, -0.05) is 12.1 Å². The fraction of sp³-hybridized carbons (Fsp3) is 0.0769. The SMILES string of the molecule is O=C(Nc1ccccc1C(F)(F)F)c1c[nH]ccc1=O. The molecule has 20 heavy (non-hydrogen) atoms. The van der Waals surface area contributed by atoms with Crippen molar-refractivity contribution in [3.63, 3.8) is 0 Å². The van der Waals surface area contributed by atoms with Gasteiger partial charge in [0, 0.05) is 18.5 Å². The van der Waals surface area contributed by atoms with E-state index < -0.39 is 28.8 Å². The Morgan fingerprint density at radius 2 is 1.85 bits per heavy atom. The molecule has 0 atom stereocenters. The number of H-pyrrole nitrogens is 1. The lowest BCUT2D eigenvalue weighted by atomic mass is 10.1. The van der Waals surface area contributed by atoms with Crippen LogP contribution in [-0.4, -0.2) is 10.9 Å². The summed E-state index contributed by atoms with van der Waals surface area (Å²) in [6.07, 6.45) is -2.14. The van der Waals surface area contributed by atoms with Crippen molar-refractivity contribution >= 4 is 11.6 Å². The third kappa shape index (κ3) is 2.87. The third-order valence-electron chi connectivity index (χ3n) is 2.55. The average Bonchev–Trinajstić information content (AvgIpc) is 2.38. The minimum Gasteiger partial charge on any atom is -0.367 e. The molecule has 0 spiro atoms. The van der Waals surface area contributed by atoms with E-state index in [0.717, 1.165) is 24.4 Å². The molecule has 104 valence electrons. The van der Waals surface area contributed by atoms with Crippen molar-refractivity contribution in [1.29, 1.82) is 0 Å². The fourth-order valence-electron chi connectivity index (χ4n) is 1.62. The maximum absolute atomic E-state index is 12.8. The van der Waals surface area contributed by atoms with Gasteiger partial charge in [0.1, 0.15) is 5.56 Å². The fourth-order valence-corrected chi connectivity index (χ4v) is 1.62. The summed E-state index contributed by atoms with van der Waals surface area (Å²) in [7, 11) is 0. The van der Waals surface area contributed by atoms with Crippen LogP contribution in [0.5, 0.6) is 0 Å². The van der Waals surface area contributed by atoms with Crippen molar-refractivity contribution in [3.05, 3.63) is 64.1 Å². The number of hydrogen-bond acceptors (Lipinski definition) is 2. The highest BCUT2D eigenvalue weighted by Crippen LogP contribution is 2.34. The number of para-hydroxylation sites is 1. The molecule has 0 aliphatic rings. The second kappa shape index (κ2) is 5.20. The lowest BCUT2D eigenvalue weighted by Crippen LogP contribution is -2.22. The smallest absolute Gasteiger partial charge is 0.367 e. The Morgan fingerprint density at radius 1 is 1.15 bits per heavy atom. The van der Waals surface area contributed by atoms with Gasteiger partial charge in [-0.2, -0.15) is 13.2 Å². The molecule has 1 aromatic carbocycles. The number of carbonyl (C=O) groups excluding carboxylic acids is 1. The number of rotatable bonds is 2. The van der Waals surface area contributed by atoms with Gasteiger partial charge < -0.3 is 10.3 Å². The van der Waals surface area contributed by atoms with Gasteiger partial charge in [-0.3, -0.25) is 9.59 Å². The van der Waals surface area contributed by atoms with Crippen LogP contribution in [0.25, 0.3) is 0 Å². The second-order valence-electron chi connectivity index (χ2n) is 3.92. The van der Waals surface area contributed by atoms with Crippen molar-refractivity contribution < 1.29 is 18.0 Å². The first-order valence-electron chi connectivity index (χ1n) is 5.54. The summed E-state index contributed by atoms with van der Waals surface area (Å²) in [6, 6.07) is 5.67. The van der Waals surface area contributed by atoms with Crippen LogP contribution in [0.1, 0.15) is 15.9 Å². The molecule has 2 rings (SSSR count). The van der Waals surface area contributed by atoms with Gasteiger partial charge in [0.25, 0.3) is 5.91 Å². The molecule has 4 nitrogen and oxygen atoms in total. The predicted molar refractivity (Wildman–Crippen MR) is 66.5 cm³/mol. The van der Waals surface area contributed by atoms with Crippen LogP contribution in [0.2, 0.25) is 0 Å². The topological polar surface area (TPSA) is 62.0 Å². The molecular weight excluding hydrogens is 273 g/mol. The summed E-state index contributed by atoms with van der Waals surface area (Å²) in [5.74, 6) is -0.899. The molecule has 0 bridgehead atoms. The number of aromatic nitrogens is 1. The van der Waals surface area contributed by atoms with Gasteiger partial charge in [0.2, 0.25) is 0 Å². The number of hydrogen-bond donors (Lipinski definition) is 2. The Hall–Kier alpha value is -2.57. The zero-order valence-electron chi connectivity index (χ0n) is 9.99. The van der Waals surface area contributed by atoms with E-state index in [2.05, 4.69) is 10.3 Å². The average molecular weight is 282 g/mol. The number of amides is 1. The van der Waals surface area contributed by atoms with E-state index >= 15 is 0 Å². The highest BCUT2D eigenvalue weighted by molar-refractivity contribution is 6.04. The molecule has 0 aliphatic carbocycles. The van der Waals surface area contributed by atoms with Crippen LogP contribution in [0.4, 0.5) is 18.9 Å². The zero-order valence-corrected chi connectivity index (χ0v) is 9.99. The summed E-state index contributed by atoms with van der Waals surface area (Å²) in [6.45, 7) is 0. The number of anilines is 1. The van der Waals surface area contributed by atoms with Crippen LogP contribution >= 0.6 is 0 Å². The number of carbonyl (C=O) groups is 1. The zero-order chi connectivity index (χ0) is 14.8. The van der Waals surface area contributed by atoms with E-state index in [9.17, 15) is 22.8 Å². The van der Waals surface area contributed by atoms with E-state index in [1.807, 2.05) is 0 Å². The first-order valence-corrected chi connectivity index (χ1v) is 5.54. The molecule has 0 fully saturated rings. The first kappa shape index (κ1) is 13.9. The van der Waals surface area contributed by atoms with Gasteiger partial charge in [0.05, 0.1) is 11.3 Å². The number of benzene rings is 1. The second-order valence-corrected chi connectivity index (χ2v) is 3.92. The van der Waals surface area contributed by atoms with Crippen molar-refractivity contribution in [2.24, 2.45) is 0 Å². The van der Waals surface area contributed by atoms with E-state index in [0.29, 0.717) is 0 Å². The molecule has 0 saturated heterocycles. The number of nitrogens with one attached hydrogen (secondary N) is 2. The van der Waals surface area contributed by atoms with E-state index in [1.165, 1.54) is 18.3 Å². The third-order valence-corrected chi connectivity index (χ3v) is 2.55. The molecule has 1 heterocycles. The molecule has 2 aromatic rings. The molecular formula is C13H9F3N2O2. The maximum Gasteiger partial charge on any atom is 0.418 e. The van der Waals surface area contributed by atoms with Crippen LogP contribution in [-0.2, 0) is 6.18 Å². The molecule has 0 saturated carbocycles. The number of aromatic amines is 1. The summed E-state index contributed by atoms with van der Waals surface area (Å²) >= 11 is 0. The van der Waals surface area contributed by atoms with Crippen LogP contribution < -0.4 is 10.7 Å². The molecule has 0 radical (unpaired) electrons. The Labute approximate surface area is 111 Å². The largest absolute Gasteiger partial charge is 0.418 e. The van der Waals surface area contributed by atoms with Gasteiger partial charge in [-0.15, -0.1) is 0 Å². The molecule has 1 amide bonds. The first-order chi connectivity index (χ1) is 9.39. The Bertz CT molecular complexity index is 692. The van der Waals surface area contributed by atoms with Gasteiger partial charge in [-0.25, -0.2) is 0 Å². The highest BCUT2D eigenvalue weighted by Gasteiger charge is 2.33. The number of pyridine rings is 1. The quantitative estimate of drug-likeness (QED) is 0.889. The number of alkyl halides is 3. The summed E-state index contributed by atoms with van der Waals surface area (Å²) in [5, 5.41) is 2.10. The van der Waals surface area contributed by atoms with Crippen molar-refractivity contribution in [2.45, 2.75) is 6.18 Å². The monoisotopic (exact) mass is 282 g/mol. The van der Waals surface area contributed by atoms with Crippen molar-refractivity contribution in [1.82, 2.24) is 4.98 Å². The molecule has 7 heteroatoms. The lowest BCUT2D eigenvalue weighted by Gasteiger charge is -2.13. The Morgan fingerprint density at radius 3 is 2.50 bits per heavy atom. The van der Waals surface area contributed by atoms with Crippen molar-refractivity contribution in [3.8, 4) is 0 Å². The lowest BCUT2D eigenvalue weighted by molar-refractivity contribution is -0.136. The van der Waals surface area contributed by atoms with E-state index in [1.54, 1.807) is 0 Å². The number of halogens is 3. The summed E-state index contributed by atoms with van der Waals surface area (Å²) < 4.78 is 38.3. The van der Waals surface area contributed by atoms with Crippen LogP contribution in [0, 0.1) is 0 Å². The minimum atomic E-state index is -4.59. The molecule has 0 unspecified atom stereocenters. The normalized spacial score (nSPS) is 11.2. The predicted octanol–water partition coefficient (Wildman–Crippen LogP) is 2.65. The van der Waals surface area contributed by atoms with E-state index in [4.69, 9.17) is 0 Å². The Balaban J connectivity index is 2.34. The Kier molecular flexibility index (Phi) is 3.60. The highest BCUT2D eigenvalue weighted by atomic mass is 19.4. The molecule has 0 aliphatic heterocycles. The van der Waals surface area contributed by atoms with Gasteiger partial charge >= 0.3 is 6.18 Å². The molecule has 2 N–H and O–H groups in total. The summed E-state index contributed by atoms with van der Waals surface area (Å²) in [5.41, 5.74) is -2.20. The molecule has 1 aromatic heterocycles.